The summed E-state index contributed by atoms with van der Waals surface area (Å²) in [5.74, 6) is -0.266. The van der Waals surface area contributed by atoms with Crippen molar-refractivity contribution in [2.75, 3.05) is 18.5 Å². The molecule has 0 aliphatic carbocycles. The molecule has 1 amide bonds. The van der Waals surface area contributed by atoms with Crippen LogP contribution < -0.4 is 0 Å². The number of allylic oxidation sites excluding steroid dienone is 1. The minimum absolute atomic E-state index is 0.0168. The molecule has 0 N–H and O–H groups in total. The lowest BCUT2D eigenvalue weighted by molar-refractivity contribution is -0.228. The smallest absolute Gasteiger partial charge is 0.348 e. The average molecular weight is 580 g/mol. The van der Waals surface area contributed by atoms with Crippen LogP contribution >= 0.6 is 15.9 Å². The summed E-state index contributed by atoms with van der Waals surface area (Å²) in [7, 11) is 0. The molecule has 0 saturated carbocycles. The van der Waals surface area contributed by atoms with Crippen LogP contribution in [0.2, 0.25) is 0 Å². The normalized spacial score (nSPS) is 19.7. The third-order valence-corrected chi connectivity index (χ3v) is 6.24. The number of halogens is 7. The maximum Gasteiger partial charge on any atom is 0.416 e. The number of benzene rings is 2. The lowest BCUT2D eigenvalue weighted by atomic mass is 9.99. The SMILES string of the molecule is C=CCc1ccc([C@H]2[C@@H](OC(C)c3cc(C(F)(F)F)cc(C(F)(F)F)c3)OCCN2C(=O)CBr)cc1. The van der Waals surface area contributed by atoms with Crippen LogP contribution in [0.4, 0.5) is 26.3 Å². The number of nitrogens with zero attached hydrogens (tertiary/aromatic N) is 1. The molecule has 0 bridgehead atoms. The largest absolute Gasteiger partial charge is 0.416 e. The molecule has 36 heavy (non-hydrogen) atoms. The Balaban J connectivity index is 1.97. The van der Waals surface area contributed by atoms with Gasteiger partial charge in [0.2, 0.25) is 5.91 Å². The van der Waals surface area contributed by atoms with Crippen molar-refractivity contribution in [1.29, 1.82) is 0 Å². The number of carbonyl (C=O) groups excluding carboxylic acids is 1. The summed E-state index contributed by atoms with van der Waals surface area (Å²) in [5.41, 5.74) is -1.56. The molecule has 1 fully saturated rings. The van der Waals surface area contributed by atoms with Crippen LogP contribution in [-0.4, -0.2) is 35.6 Å². The van der Waals surface area contributed by atoms with Crippen LogP contribution in [0.25, 0.3) is 0 Å². The first-order valence-electron chi connectivity index (χ1n) is 11.0. The monoisotopic (exact) mass is 579 g/mol. The topological polar surface area (TPSA) is 38.8 Å². The Bertz CT molecular complexity index is 1040. The second kappa shape index (κ2) is 11.4. The summed E-state index contributed by atoms with van der Waals surface area (Å²) in [4.78, 5) is 14.2. The lowest BCUT2D eigenvalue weighted by Crippen LogP contribution is -2.49. The Morgan fingerprint density at radius 2 is 1.72 bits per heavy atom. The minimum atomic E-state index is -4.98. The van der Waals surface area contributed by atoms with Crippen LogP contribution in [-0.2, 0) is 33.0 Å². The quantitative estimate of drug-likeness (QED) is 0.204. The zero-order valence-electron chi connectivity index (χ0n) is 19.2. The molecule has 1 heterocycles. The maximum atomic E-state index is 13.3. The van der Waals surface area contributed by atoms with Crippen LogP contribution in [0.1, 0.15) is 46.9 Å². The van der Waals surface area contributed by atoms with Gasteiger partial charge in [0, 0.05) is 6.54 Å². The number of hydrogen-bond donors (Lipinski definition) is 0. The van der Waals surface area contributed by atoms with Crippen molar-refractivity contribution < 1.29 is 40.6 Å². The molecule has 3 atom stereocenters. The fourth-order valence-electron chi connectivity index (χ4n) is 3.96. The van der Waals surface area contributed by atoms with Crippen molar-refractivity contribution in [2.45, 2.75) is 44.1 Å². The van der Waals surface area contributed by atoms with Gasteiger partial charge >= 0.3 is 12.4 Å². The molecule has 3 rings (SSSR count). The molecule has 2 aromatic carbocycles. The predicted molar refractivity (Wildman–Crippen MR) is 124 cm³/mol. The molecule has 4 nitrogen and oxygen atoms in total. The van der Waals surface area contributed by atoms with E-state index in [4.69, 9.17) is 9.47 Å². The van der Waals surface area contributed by atoms with E-state index < -0.39 is 41.9 Å². The zero-order valence-corrected chi connectivity index (χ0v) is 20.8. The Hall–Kier alpha value is -2.37. The molecular formula is C25H24BrF6NO3. The van der Waals surface area contributed by atoms with Gasteiger partial charge in [0.1, 0.15) is 6.04 Å². The van der Waals surface area contributed by atoms with E-state index in [2.05, 4.69) is 22.5 Å². The molecule has 0 spiro atoms. The average Bonchev–Trinajstić information content (AvgIpc) is 2.83. The highest BCUT2D eigenvalue weighted by molar-refractivity contribution is 9.09. The second-order valence-electron chi connectivity index (χ2n) is 8.26. The maximum absolute atomic E-state index is 13.3. The van der Waals surface area contributed by atoms with Crippen LogP contribution in [0, 0.1) is 0 Å². The highest BCUT2D eigenvalue weighted by atomic mass is 79.9. The molecule has 0 aromatic heterocycles. The summed E-state index contributed by atoms with van der Waals surface area (Å²) in [6.07, 6.45) is -9.94. The van der Waals surface area contributed by atoms with Gasteiger partial charge in [-0.2, -0.15) is 26.3 Å². The van der Waals surface area contributed by atoms with Gasteiger partial charge in [0.15, 0.2) is 6.29 Å². The van der Waals surface area contributed by atoms with E-state index in [1.165, 1.54) is 11.8 Å². The second-order valence-corrected chi connectivity index (χ2v) is 8.82. The van der Waals surface area contributed by atoms with Crippen molar-refractivity contribution in [3.8, 4) is 0 Å². The fraction of sp³-hybridized carbons (Fsp3) is 0.400. The van der Waals surface area contributed by atoms with Gasteiger partial charge in [0.05, 0.1) is 29.2 Å². The van der Waals surface area contributed by atoms with Gasteiger partial charge in [-0.25, -0.2) is 0 Å². The van der Waals surface area contributed by atoms with Crippen LogP contribution in [0.3, 0.4) is 0 Å². The van der Waals surface area contributed by atoms with Gasteiger partial charge in [-0.05, 0) is 48.2 Å². The predicted octanol–water partition coefficient (Wildman–Crippen LogP) is 6.85. The molecule has 1 unspecified atom stereocenters. The summed E-state index contributed by atoms with van der Waals surface area (Å²) in [5, 5.41) is 0.0168. The van der Waals surface area contributed by atoms with E-state index in [9.17, 15) is 31.1 Å². The third-order valence-electron chi connectivity index (χ3n) is 5.76. The molecular weight excluding hydrogens is 556 g/mol. The molecule has 1 aliphatic rings. The highest BCUT2D eigenvalue weighted by Crippen LogP contribution is 2.39. The number of alkyl halides is 7. The first-order valence-corrected chi connectivity index (χ1v) is 12.1. The van der Waals surface area contributed by atoms with Crippen molar-refractivity contribution in [3.05, 3.63) is 82.9 Å². The molecule has 196 valence electrons. The van der Waals surface area contributed by atoms with Crippen LogP contribution in [0.5, 0.6) is 0 Å². The van der Waals surface area contributed by atoms with E-state index in [0.29, 0.717) is 24.1 Å². The fourth-order valence-corrected chi connectivity index (χ4v) is 4.28. The van der Waals surface area contributed by atoms with Gasteiger partial charge < -0.3 is 14.4 Å². The van der Waals surface area contributed by atoms with Crippen molar-refractivity contribution in [2.24, 2.45) is 0 Å². The Morgan fingerprint density at radius 1 is 1.14 bits per heavy atom. The van der Waals surface area contributed by atoms with Gasteiger partial charge in [-0.1, -0.05) is 46.3 Å². The Kier molecular flexibility index (Phi) is 8.89. The Labute approximate surface area is 213 Å². The van der Waals surface area contributed by atoms with Gasteiger partial charge in [-0.3, -0.25) is 4.79 Å². The highest BCUT2D eigenvalue weighted by Gasteiger charge is 2.40. The molecule has 2 aromatic rings. The number of hydrogen-bond acceptors (Lipinski definition) is 3. The van der Waals surface area contributed by atoms with Crippen molar-refractivity contribution in [1.82, 2.24) is 4.90 Å². The molecule has 1 aliphatic heterocycles. The first kappa shape index (κ1) is 28.2. The third kappa shape index (κ3) is 6.68. The first-order chi connectivity index (χ1) is 16.8. The van der Waals surface area contributed by atoms with Gasteiger partial charge in [-0.15, -0.1) is 6.58 Å². The summed E-state index contributed by atoms with van der Waals surface area (Å²) >= 11 is 3.15. The van der Waals surface area contributed by atoms with E-state index >= 15 is 0 Å². The molecule has 1 saturated heterocycles. The summed E-state index contributed by atoms with van der Waals surface area (Å²) in [6.45, 7) is 5.35. The minimum Gasteiger partial charge on any atom is -0.348 e. The van der Waals surface area contributed by atoms with E-state index in [-0.39, 0.29) is 36.0 Å². The zero-order chi connectivity index (χ0) is 26.7. The van der Waals surface area contributed by atoms with E-state index in [0.717, 1.165) is 5.56 Å². The molecule has 11 heteroatoms. The van der Waals surface area contributed by atoms with Gasteiger partial charge in [0.25, 0.3) is 0 Å². The standard InChI is InChI=1S/C25H24BrF6NO3/c1-3-4-16-5-7-17(8-6-16)22-23(35-10-9-33(22)21(34)14-26)36-15(2)18-11-19(24(27,28)29)13-20(12-18)25(30,31)32/h3,5-8,11-13,15,22-23H,1,4,9-10,14H2,2H3/t15?,22-,23+/m0/s1. The molecule has 0 radical (unpaired) electrons. The summed E-state index contributed by atoms with van der Waals surface area (Å²) in [6, 6.07) is 7.79. The Morgan fingerprint density at radius 3 is 2.22 bits per heavy atom. The lowest BCUT2D eigenvalue weighted by Gasteiger charge is -2.42. The number of carbonyl (C=O) groups is 1. The number of rotatable bonds is 7. The van der Waals surface area contributed by atoms with Crippen molar-refractivity contribution >= 4 is 21.8 Å². The number of amides is 1. The van der Waals surface area contributed by atoms with Crippen molar-refractivity contribution in [3.63, 3.8) is 0 Å². The summed E-state index contributed by atoms with van der Waals surface area (Å²) < 4.78 is 91.6. The van der Waals surface area contributed by atoms with E-state index in [1.807, 2.05) is 12.1 Å². The number of morpholine rings is 1. The van der Waals surface area contributed by atoms with E-state index in [1.54, 1.807) is 18.2 Å². The number of ether oxygens (including phenoxy) is 2. The van der Waals surface area contributed by atoms with Crippen LogP contribution in [0.15, 0.2) is 55.1 Å².